The molecular weight excluding hydrogens is 598 g/mol. The van der Waals surface area contributed by atoms with E-state index in [1.54, 1.807) is 41.5 Å². The Morgan fingerprint density at radius 1 is 0.816 bits per heavy atom. The number of carbonyl (C=O) groups is 1. The minimum atomic E-state index is -3.10. The van der Waals surface area contributed by atoms with Crippen LogP contribution in [0.2, 0.25) is 0 Å². The minimum Gasteiger partial charge on any atom is -0.388 e. The molecule has 1 unspecified atom stereocenters. The molecule has 2 saturated carbocycles. The second kappa shape index (κ2) is 15.5. The number of halogens is 4. The summed E-state index contributed by atoms with van der Waals surface area (Å²) in [4.78, 5) is 10.6. The summed E-state index contributed by atoms with van der Waals surface area (Å²) in [5.41, 5.74) is 0. The van der Waals surface area contributed by atoms with Gasteiger partial charge in [-0.15, -0.1) is 0 Å². The van der Waals surface area contributed by atoms with Gasteiger partial charge in [0.15, 0.2) is 19.7 Å². The lowest BCUT2D eigenvalue weighted by Gasteiger charge is -2.34. The normalized spacial score (nSPS) is 26.6. The molecular formula is C26H48Cl3FO6S2. The van der Waals surface area contributed by atoms with Crippen LogP contribution in [0.1, 0.15) is 94.3 Å². The van der Waals surface area contributed by atoms with Crippen LogP contribution >= 0.6 is 34.8 Å². The predicted molar refractivity (Wildman–Crippen MR) is 157 cm³/mol. The molecule has 2 fully saturated rings. The zero-order valence-corrected chi connectivity index (χ0v) is 27.5. The first kappa shape index (κ1) is 36.4. The lowest BCUT2D eigenvalue weighted by atomic mass is 9.80. The molecule has 0 spiro atoms. The number of aliphatic hydroxyl groups excluding tert-OH is 1. The van der Waals surface area contributed by atoms with Crippen molar-refractivity contribution in [3.05, 3.63) is 0 Å². The van der Waals surface area contributed by atoms with Gasteiger partial charge in [-0.05, 0) is 111 Å². The molecule has 0 aromatic carbocycles. The highest BCUT2D eigenvalue weighted by molar-refractivity contribution is 7.93. The van der Waals surface area contributed by atoms with Gasteiger partial charge in [0.2, 0.25) is 3.79 Å². The van der Waals surface area contributed by atoms with E-state index in [1.807, 2.05) is 0 Å². The lowest BCUT2D eigenvalue weighted by Crippen LogP contribution is -2.38. The van der Waals surface area contributed by atoms with Crippen molar-refractivity contribution in [2.75, 3.05) is 18.7 Å². The monoisotopic (exact) mass is 645 g/mol. The quantitative estimate of drug-likeness (QED) is 0.260. The highest BCUT2D eigenvalue weighted by Gasteiger charge is 2.40. The van der Waals surface area contributed by atoms with Crippen LogP contribution in [0.15, 0.2) is 0 Å². The molecule has 2 aliphatic rings. The maximum Gasteiger partial charge on any atom is 0.216 e. The van der Waals surface area contributed by atoms with E-state index in [-0.39, 0.29) is 35.2 Å². The molecule has 12 heteroatoms. The van der Waals surface area contributed by atoms with Gasteiger partial charge in [0.25, 0.3) is 0 Å². The van der Waals surface area contributed by atoms with Crippen LogP contribution in [-0.2, 0) is 24.5 Å². The number of aliphatic hydroxyl groups is 1. The molecule has 1 N–H and O–H groups in total. The fourth-order valence-corrected chi connectivity index (χ4v) is 7.99. The van der Waals surface area contributed by atoms with Crippen molar-refractivity contribution in [3.8, 4) is 0 Å². The third-order valence-corrected chi connectivity index (χ3v) is 13.8. The number of aldehydes is 1. The number of sulfone groups is 2. The van der Waals surface area contributed by atoms with Crippen molar-refractivity contribution < 1.29 is 32.5 Å². The summed E-state index contributed by atoms with van der Waals surface area (Å²) < 4.78 is 60.8. The fraction of sp³-hybridized carbons (Fsp3) is 0.962. The van der Waals surface area contributed by atoms with Crippen LogP contribution in [0.25, 0.3) is 0 Å². The fourth-order valence-electron chi connectivity index (χ4n) is 4.55. The highest BCUT2D eigenvalue weighted by Crippen LogP contribution is 2.41. The third-order valence-electron chi connectivity index (χ3n) is 7.53. The zero-order chi connectivity index (χ0) is 30.9. The van der Waals surface area contributed by atoms with E-state index in [0.717, 1.165) is 44.8 Å². The molecule has 1 atom stereocenters. The first-order valence-electron chi connectivity index (χ1n) is 13.7. The van der Waals surface area contributed by atoms with Gasteiger partial charge in [-0.2, -0.15) is 0 Å². The van der Waals surface area contributed by atoms with Crippen LogP contribution in [0.5, 0.6) is 0 Å². The Balaban J connectivity index is 0.000000685. The van der Waals surface area contributed by atoms with Crippen molar-refractivity contribution in [1.29, 1.82) is 0 Å². The van der Waals surface area contributed by atoms with Crippen LogP contribution in [0.4, 0.5) is 4.39 Å². The van der Waals surface area contributed by atoms with Crippen molar-refractivity contribution in [3.63, 3.8) is 0 Å². The average molecular weight is 647 g/mol. The standard InChI is InChI=1S/C13H23Cl3O3S.C12H22O3S.CH3F/c1-12(2,3)20(18,19)8-9-4-6-10(7-5-9)11(17)13(14,15)16;1-12(2,3)16(14,15)9-11-6-4-10(8-13)5-7-11;1-2/h9-11,17H,4-8H2,1-3H3;8,10-11H,4-7,9H2,1-3H3;1H3/i;;1D. The summed E-state index contributed by atoms with van der Waals surface area (Å²) in [5.74, 6) is 0.956. The first-order valence-corrected chi connectivity index (χ1v) is 17.5. The highest BCUT2D eigenvalue weighted by atomic mass is 35.6. The molecule has 228 valence electrons. The smallest absolute Gasteiger partial charge is 0.216 e. The SMILES string of the molecule is CC(C)(C)S(=O)(=O)CC1CCC(C(O)C(Cl)(Cl)Cl)CC1.CC(C)(C)S(=O)(=O)CC1CCC(C=O)CC1.[2H]CF. The minimum absolute atomic E-state index is 0.0731. The number of alkyl halides is 4. The molecule has 0 amide bonds. The van der Waals surface area contributed by atoms with Gasteiger partial charge < -0.3 is 9.90 Å². The van der Waals surface area contributed by atoms with Crippen molar-refractivity contribution >= 4 is 60.8 Å². The van der Waals surface area contributed by atoms with Gasteiger partial charge in [-0.25, -0.2) is 16.8 Å². The molecule has 0 radical (unpaired) electrons. The number of hydrogen-bond donors (Lipinski definition) is 1. The maximum absolute atomic E-state index is 12.2. The molecule has 38 heavy (non-hydrogen) atoms. The Kier molecular flexibility index (Phi) is 14.9. The number of rotatable bonds is 6. The van der Waals surface area contributed by atoms with Crippen molar-refractivity contribution in [2.24, 2.45) is 23.7 Å². The van der Waals surface area contributed by atoms with Crippen LogP contribution in [0, 0.1) is 23.7 Å². The van der Waals surface area contributed by atoms with Gasteiger partial charge in [0.1, 0.15) is 12.4 Å². The molecule has 2 aliphatic carbocycles. The van der Waals surface area contributed by atoms with E-state index in [0.29, 0.717) is 12.8 Å². The summed E-state index contributed by atoms with van der Waals surface area (Å²) in [6.45, 7) is 10.4. The summed E-state index contributed by atoms with van der Waals surface area (Å²) in [5, 5.41) is 9.94. The van der Waals surface area contributed by atoms with E-state index in [4.69, 9.17) is 36.2 Å². The predicted octanol–water partition coefficient (Wildman–Crippen LogP) is 6.53. The molecule has 0 saturated heterocycles. The number of carbonyl (C=O) groups excluding carboxylic acids is 1. The molecule has 6 nitrogen and oxygen atoms in total. The molecule has 0 bridgehead atoms. The van der Waals surface area contributed by atoms with Crippen LogP contribution in [-0.4, -0.2) is 66.3 Å². The zero-order valence-electron chi connectivity index (χ0n) is 24.6. The van der Waals surface area contributed by atoms with Gasteiger partial charge in [0, 0.05) is 5.92 Å². The topological polar surface area (TPSA) is 106 Å². The largest absolute Gasteiger partial charge is 0.388 e. The summed E-state index contributed by atoms with van der Waals surface area (Å²) in [7, 11) is -7.11. The van der Waals surface area contributed by atoms with Crippen LogP contribution < -0.4 is 0 Å². The van der Waals surface area contributed by atoms with Gasteiger partial charge in [0.05, 0.1) is 29.5 Å². The Morgan fingerprint density at radius 2 is 1.13 bits per heavy atom. The van der Waals surface area contributed by atoms with Gasteiger partial charge in [-0.3, -0.25) is 4.39 Å². The van der Waals surface area contributed by atoms with E-state index < -0.39 is 46.2 Å². The Bertz CT molecular complexity index is 928. The molecule has 0 aromatic heterocycles. The van der Waals surface area contributed by atoms with E-state index >= 15 is 0 Å². The maximum atomic E-state index is 12.2. The van der Waals surface area contributed by atoms with Crippen LogP contribution in [0.3, 0.4) is 0 Å². The van der Waals surface area contributed by atoms with Gasteiger partial charge >= 0.3 is 0 Å². The summed E-state index contributed by atoms with van der Waals surface area (Å²) in [6, 6.07) is 0. The van der Waals surface area contributed by atoms with E-state index in [2.05, 4.69) is 0 Å². The van der Waals surface area contributed by atoms with Crippen molar-refractivity contribution in [2.45, 2.75) is 112 Å². The summed E-state index contributed by atoms with van der Waals surface area (Å²) >= 11 is 17.1. The first-order chi connectivity index (χ1) is 17.5. The Morgan fingerprint density at radius 3 is 1.39 bits per heavy atom. The average Bonchev–Trinajstić information content (AvgIpc) is 2.78. The Hall–Kier alpha value is 0.330. The van der Waals surface area contributed by atoms with E-state index in [1.165, 1.54) is 0 Å². The van der Waals surface area contributed by atoms with E-state index in [9.17, 15) is 31.1 Å². The third kappa shape index (κ3) is 12.5. The molecule has 0 aliphatic heterocycles. The molecule has 2 rings (SSSR count). The molecule has 0 aromatic rings. The van der Waals surface area contributed by atoms with Crippen molar-refractivity contribution in [1.82, 2.24) is 0 Å². The van der Waals surface area contributed by atoms with Gasteiger partial charge in [-0.1, -0.05) is 34.8 Å². The second-order valence-electron chi connectivity index (χ2n) is 12.5. The molecule has 0 heterocycles. The number of hydrogen-bond acceptors (Lipinski definition) is 6. The second-order valence-corrected chi connectivity index (χ2v) is 20.4. The lowest BCUT2D eigenvalue weighted by molar-refractivity contribution is -0.112. The summed E-state index contributed by atoms with van der Waals surface area (Å²) in [6.07, 6.45) is 6.36. The Labute approximate surface area is 247 Å².